The Morgan fingerprint density at radius 2 is 1.59 bits per heavy atom. The van der Waals surface area contributed by atoms with Gasteiger partial charge >= 0.3 is 0 Å². The Bertz CT molecular complexity index is 641. The minimum absolute atomic E-state index is 0.958. The molecular weight excluding hydrogens is 348 g/mol. The monoisotopic (exact) mass is 380 g/mol. The zero-order chi connectivity index (χ0) is 19.2. The van der Waals surface area contributed by atoms with Gasteiger partial charge in [-0.25, -0.2) is 0 Å². The molecule has 0 unspecified atom stereocenters. The van der Waals surface area contributed by atoms with Crippen LogP contribution in [-0.2, 0) is 0 Å². The van der Waals surface area contributed by atoms with Gasteiger partial charge in [-0.3, -0.25) is 0 Å². The van der Waals surface area contributed by atoms with Gasteiger partial charge in [0, 0.05) is 42.5 Å². The van der Waals surface area contributed by atoms with E-state index >= 15 is 0 Å². The van der Waals surface area contributed by atoms with E-state index in [4.69, 9.17) is 0 Å². The summed E-state index contributed by atoms with van der Waals surface area (Å²) < 4.78 is 0. The van der Waals surface area contributed by atoms with Crippen molar-refractivity contribution in [2.75, 3.05) is 36.0 Å². The molecule has 0 atom stereocenters. The first-order valence-corrected chi connectivity index (χ1v) is 11.0. The maximum atomic E-state index is 3.59. The van der Waals surface area contributed by atoms with Gasteiger partial charge in [0.15, 0.2) is 0 Å². The lowest BCUT2D eigenvalue weighted by atomic mass is 10.2. The molecule has 0 radical (unpaired) electrons. The van der Waals surface area contributed by atoms with E-state index in [2.05, 4.69) is 103 Å². The second-order valence-corrected chi connectivity index (χ2v) is 7.43. The van der Waals surface area contributed by atoms with Gasteiger partial charge in [-0.05, 0) is 37.6 Å². The molecule has 0 spiro atoms. The molecule has 2 aromatic carbocycles. The molecule has 0 aromatic heterocycles. The first-order chi connectivity index (χ1) is 13.3. The lowest BCUT2D eigenvalue weighted by molar-refractivity contribution is 0.720. The molecule has 0 amide bonds. The zero-order valence-corrected chi connectivity index (χ0v) is 17.4. The smallest absolute Gasteiger partial charge is 0.0411 e. The van der Waals surface area contributed by atoms with Crippen LogP contribution in [0.15, 0.2) is 84.5 Å². The summed E-state index contributed by atoms with van der Waals surface area (Å²) in [4.78, 5) is 2.37. The predicted octanol–water partition coefficient (Wildman–Crippen LogP) is 6.06. The Balaban J connectivity index is 1.75. The standard InChI is InChI=1S/C24H32N2S/c1-3-5-12-22(4-2)21-27-20-18-25-17-19-26(23-13-8-6-9-14-23)24-15-10-7-11-16-24/h3,5-16,25H,4,17-21H2,1-2H3/b5-3-,22-12+. The van der Waals surface area contributed by atoms with Crippen molar-refractivity contribution >= 4 is 23.1 Å². The number of para-hydroxylation sites is 2. The first kappa shape index (κ1) is 21.3. The maximum absolute atomic E-state index is 3.59. The van der Waals surface area contributed by atoms with Gasteiger partial charge in [0.05, 0.1) is 0 Å². The Labute approximate surface area is 169 Å². The van der Waals surface area contributed by atoms with Crippen LogP contribution in [0.4, 0.5) is 11.4 Å². The molecule has 3 heteroatoms. The van der Waals surface area contributed by atoms with Gasteiger partial charge < -0.3 is 10.2 Å². The second-order valence-electron chi connectivity index (χ2n) is 6.33. The van der Waals surface area contributed by atoms with Crippen molar-refractivity contribution in [3.8, 4) is 0 Å². The summed E-state index contributed by atoms with van der Waals surface area (Å²) in [5.74, 6) is 2.27. The summed E-state index contributed by atoms with van der Waals surface area (Å²) in [7, 11) is 0. The molecule has 0 aliphatic heterocycles. The molecule has 2 aromatic rings. The van der Waals surface area contributed by atoms with Crippen LogP contribution in [0.25, 0.3) is 0 Å². The normalized spacial score (nSPS) is 11.9. The SMILES string of the molecule is C/C=C\C=C(/CC)CSCCNCCN(c1ccccc1)c1ccccc1. The fraction of sp³-hybridized carbons (Fsp3) is 0.333. The minimum Gasteiger partial charge on any atom is -0.340 e. The van der Waals surface area contributed by atoms with Crippen LogP contribution < -0.4 is 10.2 Å². The molecule has 1 N–H and O–H groups in total. The molecule has 0 bridgehead atoms. The van der Waals surface area contributed by atoms with Crippen LogP contribution in [0.2, 0.25) is 0 Å². The molecule has 0 saturated heterocycles. The van der Waals surface area contributed by atoms with E-state index in [9.17, 15) is 0 Å². The van der Waals surface area contributed by atoms with Gasteiger partial charge in [-0.15, -0.1) is 0 Å². The van der Waals surface area contributed by atoms with Crippen molar-refractivity contribution in [2.24, 2.45) is 0 Å². The highest BCUT2D eigenvalue weighted by atomic mass is 32.2. The summed E-state index contributed by atoms with van der Waals surface area (Å²) in [6, 6.07) is 21.2. The number of hydrogen-bond acceptors (Lipinski definition) is 3. The highest BCUT2D eigenvalue weighted by molar-refractivity contribution is 7.99. The Kier molecular flexibility index (Phi) is 10.5. The van der Waals surface area contributed by atoms with Gasteiger partial charge in [0.25, 0.3) is 0 Å². The number of thioether (sulfide) groups is 1. The van der Waals surface area contributed by atoms with Gasteiger partial charge in [0.2, 0.25) is 0 Å². The van der Waals surface area contributed by atoms with E-state index in [1.54, 1.807) is 0 Å². The molecule has 2 rings (SSSR count). The number of hydrogen-bond donors (Lipinski definition) is 1. The van der Waals surface area contributed by atoms with Crippen LogP contribution in [0.3, 0.4) is 0 Å². The van der Waals surface area contributed by atoms with Crippen molar-refractivity contribution in [3.63, 3.8) is 0 Å². The predicted molar refractivity (Wildman–Crippen MR) is 123 cm³/mol. The molecule has 0 saturated carbocycles. The van der Waals surface area contributed by atoms with Crippen molar-refractivity contribution in [3.05, 3.63) is 84.5 Å². The fourth-order valence-electron chi connectivity index (χ4n) is 2.79. The lowest BCUT2D eigenvalue weighted by Gasteiger charge is -2.25. The molecule has 144 valence electrons. The minimum atomic E-state index is 0.958. The summed E-state index contributed by atoms with van der Waals surface area (Å²) in [6.45, 7) is 7.27. The Hall–Kier alpha value is -1.97. The number of allylic oxidation sites excluding steroid dienone is 3. The number of benzene rings is 2. The van der Waals surface area contributed by atoms with Crippen molar-refractivity contribution < 1.29 is 0 Å². The van der Waals surface area contributed by atoms with Gasteiger partial charge in [0.1, 0.15) is 0 Å². The topological polar surface area (TPSA) is 15.3 Å². The van der Waals surface area contributed by atoms with Crippen molar-refractivity contribution in [1.82, 2.24) is 5.32 Å². The Morgan fingerprint density at radius 3 is 2.15 bits per heavy atom. The quantitative estimate of drug-likeness (QED) is 0.356. The third kappa shape index (κ3) is 8.06. The molecule has 27 heavy (non-hydrogen) atoms. The number of nitrogens with one attached hydrogen (secondary N) is 1. The van der Waals surface area contributed by atoms with E-state index < -0.39 is 0 Å². The van der Waals surface area contributed by atoms with E-state index in [1.165, 1.54) is 16.9 Å². The maximum Gasteiger partial charge on any atom is 0.0411 e. The first-order valence-electron chi connectivity index (χ1n) is 9.82. The molecule has 0 heterocycles. The molecule has 2 nitrogen and oxygen atoms in total. The molecule has 0 aliphatic carbocycles. The number of anilines is 2. The highest BCUT2D eigenvalue weighted by Gasteiger charge is 2.07. The lowest BCUT2D eigenvalue weighted by Crippen LogP contribution is -2.30. The van der Waals surface area contributed by atoms with Crippen molar-refractivity contribution in [1.29, 1.82) is 0 Å². The van der Waals surface area contributed by atoms with Crippen molar-refractivity contribution in [2.45, 2.75) is 20.3 Å². The van der Waals surface area contributed by atoms with Crippen LogP contribution >= 0.6 is 11.8 Å². The van der Waals surface area contributed by atoms with Crippen LogP contribution in [0.5, 0.6) is 0 Å². The van der Waals surface area contributed by atoms with E-state index in [0.29, 0.717) is 0 Å². The Morgan fingerprint density at radius 1 is 0.963 bits per heavy atom. The molecular formula is C24H32N2S. The van der Waals surface area contributed by atoms with Crippen LogP contribution in [0.1, 0.15) is 20.3 Å². The summed E-state index contributed by atoms with van der Waals surface area (Å²) >= 11 is 2.01. The number of nitrogens with zero attached hydrogens (tertiary/aromatic N) is 1. The summed E-state index contributed by atoms with van der Waals surface area (Å²) in [5, 5.41) is 3.59. The van der Waals surface area contributed by atoms with Crippen LogP contribution in [0, 0.1) is 0 Å². The zero-order valence-electron chi connectivity index (χ0n) is 16.6. The fourth-order valence-corrected chi connectivity index (χ4v) is 3.78. The molecule has 0 aliphatic rings. The average Bonchev–Trinajstić information content (AvgIpc) is 2.73. The van der Waals surface area contributed by atoms with Gasteiger partial charge in [-0.2, -0.15) is 11.8 Å². The summed E-state index contributed by atoms with van der Waals surface area (Å²) in [5.41, 5.74) is 3.99. The van der Waals surface area contributed by atoms with E-state index in [0.717, 1.165) is 37.6 Å². The largest absolute Gasteiger partial charge is 0.340 e. The second kappa shape index (κ2) is 13.2. The molecule has 0 fully saturated rings. The van der Waals surface area contributed by atoms with Gasteiger partial charge in [-0.1, -0.05) is 67.1 Å². The third-order valence-corrected chi connectivity index (χ3v) is 5.40. The van der Waals surface area contributed by atoms with Crippen LogP contribution in [-0.4, -0.2) is 31.1 Å². The highest BCUT2D eigenvalue weighted by Crippen LogP contribution is 2.24. The third-order valence-electron chi connectivity index (χ3n) is 4.34. The van der Waals surface area contributed by atoms with E-state index in [-0.39, 0.29) is 0 Å². The summed E-state index contributed by atoms with van der Waals surface area (Å²) in [6.07, 6.45) is 7.61. The van der Waals surface area contributed by atoms with E-state index in [1.807, 2.05) is 11.8 Å². The number of rotatable bonds is 12. The average molecular weight is 381 g/mol.